The fraction of sp³-hybridized carbons (Fsp3) is 0.812. The number of likely N-dealkylation sites (N-methyl/N-ethyl adjacent to an activating group) is 1. The van der Waals surface area contributed by atoms with Gasteiger partial charge >= 0.3 is 0 Å². The van der Waals surface area contributed by atoms with E-state index in [1.54, 1.807) is 0 Å². The quantitative estimate of drug-likeness (QED) is 0.865. The third-order valence-electron chi connectivity index (χ3n) is 4.10. The van der Waals surface area contributed by atoms with E-state index >= 15 is 0 Å². The number of aryl methyl sites for hydroxylation is 1. The Morgan fingerprint density at radius 1 is 1.38 bits per heavy atom. The molecule has 1 aromatic heterocycles. The molecule has 1 fully saturated rings. The number of aromatic nitrogens is 2. The number of ether oxygens (including phenoxy) is 1. The maximum Gasteiger partial charge on any atom is 0.0898 e. The standard InChI is InChI=1S/C16H30N4O/c1-12(2)8-17-9-16-13(3)18-20(14(16)4)11-15-10-19(5)6-7-21-15/h12,15,17H,6-11H2,1-5H3. The van der Waals surface area contributed by atoms with E-state index in [4.69, 9.17) is 9.84 Å². The third kappa shape index (κ3) is 4.53. The molecule has 1 unspecified atom stereocenters. The van der Waals surface area contributed by atoms with Gasteiger partial charge < -0.3 is 15.0 Å². The first-order chi connectivity index (χ1) is 9.97. The van der Waals surface area contributed by atoms with Crippen LogP contribution >= 0.6 is 0 Å². The Morgan fingerprint density at radius 3 is 2.81 bits per heavy atom. The fourth-order valence-electron chi connectivity index (χ4n) is 2.82. The minimum Gasteiger partial charge on any atom is -0.374 e. The molecule has 0 aliphatic carbocycles. The Bertz CT molecular complexity index is 455. The lowest BCUT2D eigenvalue weighted by molar-refractivity contribution is -0.0293. The average molecular weight is 294 g/mol. The lowest BCUT2D eigenvalue weighted by atomic mass is 10.1. The largest absolute Gasteiger partial charge is 0.374 e. The molecule has 0 bridgehead atoms. The van der Waals surface area contributed by atoms with Crippen molar-refractivity contribution < 1.29 is 4.74 Å². The fourth-order valence-corrected chi connectivity index (χ4v) is 2.82. The van der Waals surface area contributed by atoms with E-state index in [-0.39, 0.29) is 6.10 Å². The minimum atomic E-state index is 0.248. The zero-order valence-electron chi connectivity index (χ0n) is 14.1. The predicted molar refractivity (Wildman–Crippen MR) is 85.5 cm³/mol. The topological polar surface area (TPSA) is 42.3 Å². The molecule has 5 nitrogen and oxygen atoms in total. The van der Waals surface area contributed by atoms with Gasteiger partial charge in [-0.25, -0.2) is 0 Å². The highest BCUT2D eigenvalue weighted by Gasteiger charge is 2.20. The Balaban J connectivity index is 1.97. The maximum atomic E-state index is 5.85. The van der Waals surface area contributed by atoms with Crippen LogP contribution in [0, 0.1) is 19.8 Å². The van der Waals surface area contributed by atoms with Crippen LogP contribution < -0.4 is 5.32 Å². The summed E-state index contributed by atoms with van der Waals surface area (Å²) in [5.41, 5.74) is 3.73. The van der Waals surface area contributed by atoms with Crippen LogP contribution in [0.1, 0.15) is 30.8 Å². The van der Waals surface area contributed by atoms with Crippen molar-refractivity contribution in [2.75, 3.05) is 33.3 Å². The molecule has 1 N–H and O–H groups in total. The van der Waals surface area contributed by atoms with Crippen LogP contribution in [-0.2, 0) is 17.8 Å². The molecular weight excluding hydrogens is 264 g/mol. The second-order valence-electron chi connectivity index (χ2n) is 6.61. The summed E-state index contributed by atoms with van der Waals surface area (Å²) in [6.45, 7) is 14.4. The molecule has 1 aliphatic heterocycles. The number of hydrogen-bond acceptors (Lipinski definition) is 4. The van der Waals surface area contributed by atoms with E-state index in [0.717, 1.165) is 45.0 Å². The van der Waals surface area contributed by atoms with Crippen LogP contribution in [0.2, 0.25) is 0 Å². The summed E-state index contributed by atoms with van der Waals surface area (Å²) in [6.07, 6.45) is 0.248. The number of hydrogen-bond donors (Lipinski definition) is 1. The van der Waals surface area contributed by atoms with Crippen molar-refractivity contribution in [3.63, 3.8) is 0 Å². The normalized spacial score (nSPS) is 20.4. The smallest absolute Gasteiger partial charge is 0.0898 e. The summed E-state index contributed by atoms with van der Waals surface area (Å²) in [5, 5.41) is 8.22. The van der Waals surface area contributed by atoms with Crippen LogP contribution in [0.5, 0.6) is 0 Å². The molecule has 2 heterocycles. The molecule has 1 aromatic rings. The molecule has 1 atom stereocenters. The Labute approximate surface area is 128 Å². The molecule has 0 radical (unpaired) electrons. The van der Waals surface area contributed by atoms with Gasteiger partial charge in [-0.2, -0.15) is 5.10 Å². The van der Waals surface area contributed by atoms with Gasteiger partial charge in [-0.05, 0) is 33.4 Å². The monoisotopic (exact) mass is 294 g/mol. The average Bonchev–Trinajstić information content (AvgIpc) is 2.66. The first-order valence-corrected chi connectivity index (χ1v) is 8.01. The highest BCUT2D eigenvalue weighted by molar-refractivity contribution is 5.24. The lowest BCUT2D eigenvalue weighted by Gasteiger charge is -2.30. The van der Waals surface area contributed by atoms with Crippen LogP contribution in [-0.4, -0.2) is 54.1 Å². The van der Waals surface area contributed by atoms with Crippen molar-refractivity contribution in [2.24, 2.45) is 5.92 Å². The van der Waals surface area contributed by atoms with Gasteiger partial charge in [0.25, 0.3) is 0 Å². The maximum absolute atomic E-state index is 5.85. The van der Waals surface area contributed by atoms with E-state index in [0.29, 0.717) is 5.92 Å². The molecule has 0 amide bonds. The van der Waals surface area contributed by atoms with Gasteiger partial charge in [0.05, 0.1) is 24.9 Å². The van der Waals surface area contributed by atoms with Crippen LogP contribution in [0.4, 0.5) is 0 Å². The van der Waals surface area contributed by atoms with Crippen molar-refractivity contribution >= 4 is 0 Å². The molecule has 2 rings (SSSR count). The number of rotatable bonds is 6. The van der Waals surface area contributed by atoms with E-state index in [9.17, 15) is 0 Å². The summed E-state index contributed by atoms with van der Waals surface area (Å²) < 4.78 is 7.97. The molecule has 1 saturated heterocycles. The predicted octanol–water partition coefficient (Wildman–Crippen LogP) is 1.58. The third-order valence-corrected chi connectivity index (χ3v) is 4.10. The molecule has 120 valence electrons. The highest BCUT2D eigenvalue weighted by atomic mass is 16.5. The van der Waals surface area contributed by atoms with Gasteiger partial charge in [0.1, 0.15) is 0 Å². The summed E-state index contributed by atoms with van der Waals surface area (Å²) in [6, 6.07) is 0. The first kappa shape index (κ1) is 16.5. The molecule has 0 spiro atoms. The van der Waals surface area contributed by atoms with Crippen molar-refractivity contribution in [1.82, 2.24) is 20.0 Å². The number of nitrogens with one attached hydrogen (secondary N) is 1. The zero-order valence-corrected chi connectivity index (χ0v) is 14.1. The Morgan fingerprint density at radius 2 is 2.14 bits per heavy atom. The van der Waals surface area contributed by atoms with Crippen molar-refractivity contribution in [3.8, 4) is 0 Å². The van der Waals surface area contributed by atoms with E-state index in [2.05, 4.69) is 49.6 Å². The Hall–Kier alpha value is -0.910. The SMILES string of the molecule is Cc1nn(CC2CN(C)CCO2)c(C)c1CNCC(C)C. The van der Waals surface area contributed by atoms with E-state index in [1.165, 1.54) is 11.3 Å². The second kappa shape index (κ2) is 7.38. The molecular formula is C16H30N4O. The van der Waals surface area contributed by atoms with Crippen LogP contribution in [0.3, 0.4) is 0 Å². The van der Waals surface area contributed by atoms with Gasteiger partial charge in [-0.1, -0.05) is 13.8 Å². The number of nitrogens with zero attached hydrogens (tertiary/aromatic N) is 3. The molecule has 0 saturated carbocycles. The van der Waals surface area contributed by atoms with Crippen molar-refractivity contribution in [2.45, 2.75) is 46.9 Å². The second-order valence-corrected chi connectivity index (χ2v) is 6.61. The van der Waals surface area contributed by atoms with E-state index in [1.807, 2.05) is 0 Å². The molecule has 21 heavy (non-hydrogen) atoms. The summed E-state index contributed by atoms with van der Waals surface area (Å²) >= 11 is 0. The van der Waals surface area contributed by atoms with E-state index < -0.39 is 0 Å². The van der Waals surface area contributed by atoms with Crippen molar-refractivity contribution in [1.29, 1.82) is 0 Å². The molecule has 5 heteroatoms. The van der Waals surface area contributed by atoms with Crippen LogP contribution in [0.15, 0.2) is 0 Å². The molecule has 0 aromatic carbocycles. The van der Waals surface area contributed by atoms with Gasteiger partial charge in [0.15, 0.2) is 0 Å². The lowest BCUT2D eigenvalue weighted by Crippen LogP contribution is -2.42. The number of morpholine rings is 1. The van der Waals surface area contributed by atoms with Gasteiger partial charge in [-0.3, -0.25) is 4.68 Å². The van der Waals surface area contributed by atoms with Crippen molar-refractivity contribution in [3.05, 3.63) is 17.0 Å². The van der Waals surface area contributed by atoms with Crippen LogP contribution in [0.25, 0.3) is 0 Å². The molecule has 1 aliphatic rings. The van der Waals surface area contributed by atoms with Gasteiger partial charge in [0.2, 0.25) is 0 Å². The minimum absolute atomic E-state index is 0.248. The summed E-state index contributed by atoms with van der Waals surface area (Å²) in [7, 11) is 2.15. The first-order valence-electron chi connectivity index (χ1n) is 8.01. The van der Waals surface area contributed by atoms with Gasteiger partial charge in [0, 0.05) is 30.9 Å². The highest BCUT2D eigenvalue weighted by Crippen LogP contribution is 2.15. The zero-order chi connectivity index (χ0) is 15.4. The summed E-state index contributed by atoms with van der Waals surface area (Å²) in [5.74, 6) is 0.673. The Kier molecular flexibility index (Phi) is 5.79. The van der Waals surface area contributed by atoms with Gasteiger partial charge in [-0.15, -0.1) is 0 Å². The summed E-state index contributed by atoms with van der Waals surface area (Å²) in [4.78, 5) is 2.32.